The van der Waals surface area contributed by atoms with E-state index in [1.165, 1.54) is 29.6 Å². The Balaban J connectivity index is 1.51. The fourth-order valence-corrected chi connectivity index (χ4v) is 9.48. The lowest BCUT2D eigenvalue weighted by molar-refractivity contribution is -0.145. The molecule has 7 nitrogen and oxygen atoms in total. The molecule has 0 bridgehead atoms. The first-order valence-corrected chi connectivity index (χ1v) is 17.5. The topological polar surface area (TPSA) is 72.5 Å². The van der Waals surface area contributed by atoms with Crippen LogP contribution in [0.4, 0.5) is 0 Å². The summed E-state index contributed by atoms with van der Waals surface area (Å²) in [7, 11) is -2.53. The highest BCUT2D eigenvalue weighted by Crippen LogP contribution is 2.36. The van der Waals surface area contributed by atoms with Crippen molar-refractivity contribution in [2.75, 3.05) is 66.1 Å². The summed E-state index contributed by atoms with van der Waals surface area (Å²) in [5.74, 6) is -0.140. The molecule has 0 fully saturated rings. The molecular formula is C34H54O7Si. The van der Waals surface area contributed by atoms with Gasteiger partial charge in [-0.15, -0.1) is 0 Å². The van der Waals surface area contributed by atoms with Crippen molar-refractivity contribution in [3.63, 3.8) is 0 Å². The van der Waals surface area contributed by atoms with Crippen LogP contribution in [0.5, 0.6) is 0 Å². The zero-order valence-electron chi connectivity index (χ0n) is 26.4. The Kier molecular flexibility index (Phi) is 18.6. The molecule has 0 aliphatic carbocycles. The zero-order chi connectivity index (χ0) is 30.4. The van der Waals surface area contributed by atoms with Crippen molar-refractivity contribution in [1.29, 1.82) is 0 Å². The summed E-state index contributed by atoms with van der Waals surface area (Å²) in [6.45, 7) is 13.7. The Morgan fingerprint density at radius 1 is 0.595 bits per heavy atom. The van der Waals surface area contributed by atoms with Gasteiger partial charge in [0.05, 0.1) is 59.5 Å². The lowest BCUT2D eigenvalue weighted by Gasteiger charge is -2.43. The quantitative estimate of drug-likeness (QED) is 0.0889. The van der Waals surface area contributed by atoms with Gasteiger partial charge in [-0.1, -0.05) is 114 Å². The lowest BCUT2D eigenvalue weighted by Crippen LogP contribution is -2.66. The molecule has 0 spiro atoms. The van der Waals surface area contributed by atoms with E-state index in [0.29, 0.717) is 72.5 Å². The van der Waals surface area contributed by atoms with Crippen molar-refractivity contribution in [2.45, 2.75) is 71.3 Å². The van der Waals surface area contributed by atoms with Gasteiger partial charge in [0.25, 0.3) is 8.32 Å². The van der Waals surface area contributed by atoms with Crippen LogP contribution >= 0.6 is 0 Å². The maximum Gasteiger partial charge on any atom is 0.305 e. The Hall–Kier alpha value is -2.07. The number of unbranched alkanes of at least 4 members (excludes halogenated alkanes) is 4. The van der Waals surface area contributed by atoms with Crippen molar-refractivity contribution in [3.05, 3.63) is 60.7 Å². The van der Waals surface area contributed by atoms with Gasteiger partial charge in [0, 0.05) is 6.42 Å². The SMILES string of the molecule is CCCCCCCC(=O)OCCOCCOCCOCCOCCO[Si](c1ccccc1)(c1ccccc1)C(C)(C)C. The zero-order valence-corrected chi connectivity index (χ0v) is 27.4. The number of carbonyl (C=O) groups excluding carboxylic acids is 1. The van der Waals surface area contributed by atoms with Crippen molar-refractivity contribution in [3.8, 4) is 0 Å². The molecule has 0 aromatic heterocycles. The molecule has 0 atom stereocenters. The number of ether oxygens (including phenoxy) is 5. The van der Waals surface area contributed by atoms with E-state index in [9.17, 15) is 4.79 Å². The molecule has 0 unspecified atom stereocenters. The third-order valence-electron chi connectivity index (χ3n) is 7.05. The van der Waals surface area contributed by atoms with Gasteiger partial charge in [0.15, 0.2) is 0 Å². The fourth-order valence-electron chi connectivity index (χ4n) is 4.94. The average molecular weight is 603 g/mol. The number of rotatable bonds is 24. The van der Waals surface area contributed by atoms with Crippen molar-refractivity contribution in [1.82, 2.24) is 0 Å². The molecule has 8 heteroatoms. The van der Waals surface area contributed by atoms with Gasteiger partial charge < -0.3 is 28.1 Å². The summed E-state index contributed by atoms with van der Waals surface area (Å²) < 4.78 is 34.4. The van der Waals surface area contributed by atoms with Gasteiger partial charge in [0.2, 0.25) is 0 Å². The minimum atomic E-state index is -2.53. The molecule has 2 rings (SSSR count). The molecule has 0 saturated heterocycles. The van der Waals surface area contributed by atoms with Gasteiger partial charge in [-0.2, -0.15) is 0 Å². The van der Waals surface area contributed by atoms with E-state index < -0.39 is 8.32 Å². The number of hydrogen-bond acceptors (Lipinski definition) is 7. The summed E-state index contributed by atoms with van der Waals surface area (Å²) in [6, 6.07) is 21.3. The van der Waals surface area contributed by atoms with E-state index in [0.717, 1.165) is 12.8 Å². The molecule has 42 heavy (non-hydrogen) atoms. The highest BCUT2D eigenvalue weighted by molar-refractivity contribution is 6.99. The van der Waals surface area contributed by atoms with Crippen LogP contribution in [-0.4, -0.2) is 80.4 Å². The molecule has 0 heterocycles. The minimum absolute atomic E-state index is 0.0517. The van der Waals surface area contributed by atoms with E-state index in [-0.39, 0.29) is 11.0 Å². The maximum atomic E-state index is 11.7. The van der Waals surface area contributed by atoms with Crippen LogP contribution in [0.3, 0.4) is 0 Å². The monoisotopic (exact) mass is 602 g/mol. The first-order valence-electron chi connectivity index (χ1n) is 15.6. The molecule has 0 aliphatic rings. The first-order chi connectivity index (χ1) is 20.4. The summed E-state index contributed by atoms with van der Waals surface area (Å²) in [5, 5.41) is 2.48. The highest BCUT2D eigenvalue weighted by Gasteiger charge is 2.49. The Bertz CT molecular complexity index is 894. The van der Waals surface area contributed by atoms with E-state index in [4.69, 9.17) is 28.1 Å². The van der Waals surface area contributed by atoms with E-state index in [1.807, 2.05) is 0 Å². The molecule has 236 valence electrons. The van der Waals surface area contributed by atoms with Crippen LogP contribution in [0.1, 0.15) is 66.2 Å². The van der Waals surface area contributed by atoms with Crippen LogP contribution in [0.15, 0.2) is 60.7 Å². The van der Waals surface area contributed by atoms with Crippen LogP contribution in [0.25, 0.3) is 0 Å². The van der Waals surface area contributed by atoms with Crippen LogP contribution in [0.2, 0.25) is 5.04 Å². The maximum absolute atomic E-state index is 11.7. The molecule has 0 amide bonds. The second kappa shape index (κ2) is 21.6. The summed E-state index contributed by atoms with van der Waals surface area (Å²) in [5.41, 5.74) is 0. The molecule has 0 aliphatic heterocycles. The predicted molar refractivity (Wildman–Crippen MR) is 171 cm³/mol. The molecule has 2 aromatic rings. The fraction of sp³-hybridized carbons (Fsp3) is 0.618. The second-order valence-corrected chi connectivity index (χ2v) is 15.7. The summed E-state index contributed by atoms with van der Waals surface area (Å²) >= 11 is 0. The third-order valence-corrected chi connectivity index (χ3v) is 12.1. The Morgan fingerprint density at radius 2 is 1.02 bits per heavy atom. The third kappa shape index (κ3) is 13.5. The number of hydrogen-bond donors (Lipinski definition) is 0. The van der Waals surface area contributed by atoms with Gasteiger partial charge in [-0.05, 0) is 21.8 Å². The van der Waals surface area contributed by atoms with E-state index >= 15 is 0 Å². The number of esters is 1. The number of carbonyl (C=O) groups is 1. The van der Waals surface area contributed by atoms with Gasteiger partial charge >= 0.3 is 5.97 Å². The smallest absolute Gasteiger partial charge is 0.305 e. The van der Waals surface area contributed by atoms with Crippen LogP contribution < -0.4 is 10.4 Å². The molecule has 2 aromatic carbocycles. The summed E-state index contributed by atoms with van der Waals surface area (Å²) in [6.07, 6.45) is 6.10. The van der Waals surface area contributed by atoms with Crippen molar-refractivity contribution >= 4 is 24.7 Å². The summed E-state index contributed by atoms with van der Waals surface area (Å²) in [4.78, 5) is 11.7. The van der Waals surface area contributed by atoms with Crippen molar-refractivity contribution in [2.24, 2.45) is 0 Å². The first kappa shape index (κ1) is 36.1. The van der Waals surface area contributed by atoms with Gasteiger partial charge in [-0.3, -0.25) is 4.79 Å². The Morgan fingerprint density at radius 3 is 1.48 bits per heavy atom. The number of benzene rings is 2. The molecule has 0 N–H and O–H groups in total. The van der Waals surface area contributed by atoms with Gasteiger partial charge in [0.1, 0.15) is 6.61 Å². The highest BCUT2D eigenvalue weighted by atomic mass is 28.4. The van der Waals surface area contributed by atoms with E-state index in [1.54, 1.807) is 0 Å². The molecule has 0 saturated carbocycles. The standard InChI is InChI=1S/C34H54O7Si/c1-5-6-7-8-15-20-33(35)40-29-27-38-25-23-36-21-22-37-24-26-39-28-30-41-42(34(2,3)4,31-16-11-9-12-17-31)32-18-13-10-14-19-32/h9-14,16-19H,5-8,15,20-30H2,1-4H3. The average Bonchev–Trinajstić information content (AvgIpc) is 2.99. The Labute approximate surface area is 255 Å². The minimum Gasteiger partial charge on any atom is -0.463 e. The lowest BCUT2D eigenvalue weighted by atomic mass is 10.1. The second-order valence-electron chi connectivity index (χ2n) is 11.3. The predicted octanol–water partition coefficient (Wildman–Crippen LogP) is 5.53. The van der Waals surface area contributed by atoms with Crippen molar-refractivity contribution < 1.29 is 32.9 Å². The van der Waals surface area contributed by atoms with Crippen LogP contribution in [0, 0.1) is 0 Å². The molecular weight excluding hydrogens is 548 g/mol. The largest absolute Gasteiger partial charge is 0.463 e. The molecule has 0 radical (unpaired) electrons. The van der Waals surface area contributed by atoms with Gasteiger partial charge in [-0.25, -0.2) is 0 Å². The normalized spacial score (nSPS) is 12.0. The van der Waals surface area contributed by atoms with E-state index in [2.05, 4.69) is 88.4 Å². The van der Waals surface area contributed by atoms with Crippen LogP contribution in [-0.2, 0) is 32.9 Å².